The van der Waals surface area contributed by atoms with Crippen molar-refractivity contribution in [3.8, 4) is 23.8 Å². The Morgan fingerprint density at radius 2 is 1.71 bits per heavy atom. The van der Waals surface area contributed by atoms with E-state index in [-0.39, 0.29) is 5.92 Å². The predicted octanol–water partition coefficient (Wildman–Crippen LogP) is 2.89. The average Bonchev–Trinajstić information content (AvgIpc) is 2.90. The number of hydrogen-bond donors (Lipinski definition) is 0. The van der Waals surface area contributed by atoms with Gasteiger partial charge >= 0.3 is 0 Å². The molecule has 1 aliphatic rings. The maximum Gasteiger partial charge on any atom is 0.135 e. The van der Waals surface area contributed by atoms with Crippen LogP contribution in [0.2, 0.25) is 0 Å². The highest BCUT2D eigenvalue weighted by atomic mass is 16.5. The van der Waals surface area contributed by atoms with E-state index in [2.05, 4.69) is 18.1 Å². The Hall–Kier alpha value is -2.14. The van der Waals surface area contributed by atoms with Crippen molar-refractivity contribution in [2.24, 2.45) is 0 Å². The van der Waals surface area contributed by atoms with Crippen LogP contribution < -0.4 is 9.47 Å². The van der Waals surface area contributed by atoms with E-state index in [1.807, 2.05) is 24.3 Å². The summed E-state index contributed by atoms with van der Waals surface area (Å²) in [5.41, 5.74) is 1.77. The van der Waals surface area contributed by atoms with Crippen molar-refractivity contribution in [3.63, 3.8) is 0 Å². The predicted molar refractivity (Wildman–Crippen MR) is 68.5 cm³/mol. The number of ether oxygens (including phenoxy) is 2. The van der Waals surface area contributed by atoms with Gasteiger partial charge in [-0.15, -0.1) is 6.42 Å². The van der Waals surface area contributed by atoms with Gasteiger partial charge in [0.15, 0.2) is 0 Å². The molecule has 0 N–H and O–H groups in total. The molecule has 0 saturated carbocycles. The van der Waals surface area contributed by atoms with Gasteiger partial charge in [0.05, 0.1) is 19.8 Å². The highest BCUT2D eigenvalue weighted by Gasteiger charge is 2.16. The molecular formula is C15H14O2. The van der Waals surface area contributed by atoms with Gasteiger partial charge in [-0.25, -0.2) is 0 Å². The van der Waals surface area contributed by atoms with E-state index < -0.39 is 0 Å². The van der Waals surface area contributed by atoms with Gasteiger partial charge in [-0.2, -0.15) is 0 Å². The number of hydrogen-bond acceptors (Lipinski definition) is 2. The zero-order chi connectivity index (χ0) is 12.3. The van der Waals surface area contributed by atoms with Crippen LogP contribution in [0.25, 0.3) is 0 Å². The Morgan fingerprint density at radius 1 is 1.06 bits per heavy atom. The topological polar surface area (TPSA) is 18.5 Å². The fourth-order valence-corrected chi connectivity index (χ4v) is 1.93. The van der Waals surface area contributed by atoms with Gasteiger partial charge in [0.1, 0.15) is 11.5 Å². The molecular weight excluding hydrogens is 212 g/mol. The third-order valence-electron chi connectivity index (χ3n) is 2.81. The third kappa shape index (κ3) is 2.05. The van der Waals surface area contributed by atoms with Crippen LogP contribution in [0.1, 0.15) is 17.0 Å². The molecule has 0 unspecified atom stereocenters. The summed E-state index contributed by atoms with van der Waals surface area (Å²) in [6.07, 6.45) is 13.7. The summed E-state index contributed by atoms with van der Waals surface area (Å²) < 4.78 is 10.7. The Bertz CT molecular complexity index is 506. The molecule has 0 aromatic heterocycles. The SMILES string of the molecule is C#Cc1cc(OC)c(C2C=CC=C2)cc1OC. The summed E-state index contributed by atoms with van der Waals surface area (Å²) in [6.45, 7) is 0. The molecule has 0 atom stereocenters. The van der Waals surface area contributed by atoms with Gasteiger partial charge in [0.25, 0.3) is 0 Å². The minimum atomic E-state index is 0.227. The maximum absolute atomic E-state index is 5.44. The first-order chi connectivity index (χ1) is 8.30. The molecule has 2 nitrogen and oxygen atoms in total. The molecule has 86 valence electrons. The standard InChI is InChI=1S/C15H14O2/c1-4-11-9-15(17-3)13(10-14(11)16-2)12-7-5-6-8-12/h1,5-10,12H,2-3H3. The van der Waals surface area contributed by atoms with Crippen LogP contribution in [0.4, 0.5) is 0 Å². The molecule has 0 saturated heterocycles. The van der Waals surface area contributed by atoms with Crippen LogP contribution in [0.3, 0.4) is 0 Å². The first-order valence-electron chi connectivity index (χ1n) is 5.37. The number of methoxy groups -OCH3 is 2. The van der Waals surface area contributed by atoms with E-state index in [4.69, 9.17) is 15.9 Å². The molecule has 0 bridgehead atoms. The molecule has 0 heterocycles. The Morgan fingerprint density at radius 3 is 2.24 bits per heavy atom. The Balaban J connectivity index is 2.54. The summed E-state index contributed by atoms with van der Waals surface area (Å²) in [7, 11) is 3.26. The van der Waals surface area contributed by atoms with Crippen molar-refractivity contribution < 1.29 is 9.47 Å². The quantitative estimate of drug-likeness (QED) is 0.738. The van der Waals surface area contributed by atoms with Crippen LogP contribution in [0.15, 0.2) is 36.4 Å². The molecule has 1 aromatic carbocycles. The molecule has 0 fully saturated rings. The number of benzene rings is 1. The van der Waals surface area contributed by atoms with E-state index in [1.54, 1.807) is 14.2 Å². The summed E-state index contributed by atoms with van der Waals surface area (Å²) in [5.74, 6) is 4.32. The zero-order valence-corrected chi connectivity index (χ0v) is 9.94. The lowest BCUT2D eigenvalue weighted by molar-refractivity contribution is 0.398. The third-order valence-corrected chi connectivity index (χ3v) is 2.81. The normalized spacial score (nSPS) is 13.7. The average molecular weight is 226 g/mol. The van der Waals surface area contributed by atoms with Gasteiger partial charge < -0.3 is 9.47 Å². The maximum atomic E-state index is 5.44. The van der Waals surface area contributed by atoms with E-state index >= 15 is 0 Å². The Labute approximate surface area is 102 Å². The molecule has 17 heavy (non-hydrogen) atoms. The molecule has 0 amide bonds. The largest absolute Gasteiger partial charge is 0.496 e. The second-order valence-electron chi connectivity index (χ2n) is 3.73. The lowest BCUT2D eigenvalue weighted by Crippen LogP contribution is -1.98. The van der Waals surface area contributed by atoms with Crippen molar-refractivity contribution in [2.45, 2.75) is 5.92 Å². The van der Waals surface area contributed by atoms with Crippen LogP contribution in [-0.4, -0.2) is 14.2 Å². The zero-order valence-electron chi connectivity index (χ0n) is 9.94. The van der Waals surface area contributed by atoms with Gasteiger partial charge in [-0.05, 0) is 12.1 Å². The minimum Gasteiger partial charge on any atom is -0.496 e. The summed E-state index contributed by atoms with van der Waals surface area (Å²) in [6, 6.07) is 3.78. The monoisotopic (exact) mass is 226 g/mol. The van der Waals surface area contributed by atoms with Gasteiger partial charge in [-0.1, -0.05) is 30.2 Å². The molecule has 2 heteroatoms. The smallest absolute Gasteiger partial charge is 0.135 e. The first kappa shape index (κ1) is 11.3. The molecule has 1 aromatic rings. The van der Waals surface area contributed by atoms with Crippen molar-refractivity contribution >= 4 is 0 Å². The highest BCUT2D eigenvalue weighted by Crippen LogP contribution is 2.36. The van der Waals surface area contributed by atoms with E-state index in [1.165, 1.54) is 0 Å². The number of allylic oxidation sites excluding steroid dienone is 4. The fraction of sp³-hybridized carbons (Fsp3) is 0.200. The van der Waals surface area contributed by atoms with Crippen LogP contribution >= 0.6 is 0 Å². The van der Waals surface area contributed by atoms with Crippen molar-refractivity contribution in [1.82, 2.24) is 0 Å². The summed E-state index contributed by atoms with van der Waals surface area (Å²) >= 11 is 0. The summed E-state index contributed by atoms with van der Waals surface area (Å²) in [4.78, 5) is 0. The minimum absolute atomic E-state index is 0.227. The second-order valence-corrected chi connectivity index (χ2v) is 3.73. The second kappa shape index (κ2) is 4.80. The lowest BCUT2D eigenvalue weighted by Gasteiger charge is -2.15. The molecule has 2 rings (SSSR count). The molecule has 0 spiro atoms. The lowest BCUT2D eigenvalue weighted by atomic mass is 9.97. The Kier molecular flexibility index (Phi) is 3.20. The van der Waals surface area contributed by atoms with Crippen molar-refractivity contribution in [3.05, 3.63) is 47.6 Å². The fourth-order valence-electron chi connectivity index (χ4n) is 1.93. The van der Waals surface area contributed by atoms with Crippen LogP contribution in [0.5, 0.6) is 11.5 Å². The van der Waals surface area contributed by atoms with Gasteiger partial charge in [0, 0.05) is 11.5 Å². The van der Waals surface area contributed by atoms with E-state index in [0.29, 0.717) is 11.3 Å². The van der Waals surface area contributed by atoms with E-state index in [0.717, 1.165) is 11.3 Å². The molecule has 1 aliphatic carbocycles. The number of rotatable bonds is 3. The van der Waals surface area contributed by atoms with Crippen LogP contribution in [-0.2, 0) is 0 Å². The highest BCUT2D eigenvalue weighted by molar-refractivity contribution is 5.56. The van der Waals surface area contributed by atoms with Gasteiger partial charge in [0.2, 0.25) is 0 Å². The molecule has 0 aliphatic heterocycles. The van der Waals surface area contributed by atoms with Crippen LogP contribution in [0, 0.1) is 12.3 Å². The van der Waals surface area contributed by atoms with Crippen molar-refractivity contribution in [1.29, 1.82) is 0 Å². The van der Waals surface area contributed by atoms with Crippen molar-refractivity contribution in [2.75, 3.05) is 14.2 Å². The van der Waals surface area contributed by atoms with Gasteiger partial charge in [-0.3, -0.25) is 0 Å². The molecule has 0 radical (unpaired) electrons. The number of terminal acetylenes is 1. The summed E-state index contributed by atoms with van der Waals surface area (Å²) in [5, 5.41) is 0. The first-order valence-corrected chi connectivity index (χ1v) is 5.37. The van der Waals surface area contributed by atoms with E-state index in [9.17, 15) is 0 Å².